The molecule has 0 radical (unpaired) electrons. The summed E-state index contributed by atoms with van der Waals surface area (Å²) in [6.07, 6.45) is 4.91. The van der Waals surface area contributed by atoms with Crippen molar-refractivity contribution in [2.24, 2.45) is 0 Å². The van der Waals surface area contributed by atoms with E-state index >= 15 is 0 Å². The molecule has 2 aromatic rings. The number of nitrogens with zero attached hydrogens (tertiary/aromatic N) is 1. The smallest absolute Gasteiger partial charge is 0.158 e. The van der Waals surface area contributed by atoms with Crippen LogP contribution in [0.1, 0.15) is 68.2 Å². The Morgan fingerprint density at radius 3 is 2.42 bits per heavy atom. The molecule has 1 aliphatic carbocycles. The van der Waals surface area contributed by atoms with Crippen LogP contribution in [0, 0.1) is 0 Å². The van der Waals surface area contributed by atoms with Crippen LogP contribution < -0.4 is 0 Å². The zero-order chi connectivity index (χ0) is 17.2. The van der Waals surface area contributed by atoms with E-state index in [4.69, 9.17) is 4.52 Å². The lowest BCUT2D eigenvalue weighted by Crippen LogP contribution is -2.28. The Morgan fingerprint density at radius 2 is 1.79 bits per heavy atom. The Balaban J connectivity index is 1.66. The van der Waals surface area contributed by atoms with Crippen LogP contribution >= 0.6 is 0 Å². The molecule has 4 nitrogen and oxygen atoms in total. The number of rotatable bonds is 5. The van der Waals surface area contributed by atoms with Crippen molar-refractivity contribution in [2.45, 2.75) is 62.4 Å². The first-order valence-electron chi connectivity index (χ1n) is 8.67. The molecule has 130 valence electrons. The molecule has 1 saturated carbocycles. The van der Waals surface area contributed by atoms with Gasteiger partial charge >= 0.3 is 0 Å². The van der Waals surface area contributed by atoms with E-state index in [-0.39, 0.29) is 16.9 Å². The van der Waals surface area contributed by atoms with E-state index in [1.165, 1.54) is 5.56 Å². The third-order valence-corrected chi connectivity index (χ3v) is 7.25. The van der Waals surface area contributed by atoms with E-state index < -0.39 is 9.84 Å². The lowest BCUT2D eigenvalue weighted by molar-refractivity contribution is 0.411. The van der Waals surface area contributed by atoms with Crippen LogP contribution in [0.4, 0.5) is 0 Å². The second-order valence-corrected chi connectivity index (χ2v) is 9.34. The SMILES string of the molecule is CC(C)c1conc1CS(=O)(=O)C1CCC(c2ccccc2)CC1. The van der Waals surface area contributed by atoms with Crippen LogP contribution in [0.15, 0.2) is 41.1 Å². The topological polar surface area (TPSA) is 60.2 Å². The summed E-state index contributed by atoms with van der Waals surface area (Å²) in [4.78, 5) is 0. The molecule has 0 spiro atoms. The number of aromatic nitrogens is 1. The van der Waals surface area contributed by atoms with Crippen molar-refractivity contribution in [1.29, 1.82) is 0 Å². The minimum Gasteiger partial charge on any atom is -0.364 e. The number of benzene rings is 1. The average molecular weight is 347 g/mol. The summed E-state index contributed by atoms with van der Waals surface area (Å²) < 4.78 is 30.6. The number of sulfone groups is 1. The molecular weight excluding hydrogens is 322 g/mol. The van der Waals surface area contributed by atoms with Gasteiger partial charge in [-0.2, -0.15) is 0 Å². The standard InChI is InChI=1S/C19H25NO3S/c1-14(2)18-12-23-20-19(18)13-24(21,22)17-10-8-16(9-11-17)15-6-4-3-5-7-15/h3-7,12,14,16-17H,8-11,13H2,1-2H3. The van der Waals surface area contributed by atoms with Gasteiger partial charge in [0.1, 0.15) is 12.0 Å². The molecule has 1 aliphatic rings. The number of hydrogen-bond donors (Lipinski definition) is 0. The van der Waals surface area contributed by atoms with Crippen molar-refractivity contribution < 1.29 is 12.9 Å². The van der Waals surface area contributed by atoms with Crippen molar-refractivity contribution in [1.82, 2.24) is 5.16 Å². The second-order valence-electron chi connectivity index (χ2n) is 7.06. The van der Waals surface area contributed by atoms with Gasteiger partial charge in [0.15, 0.2) is 9.84 Å². The van der Waals surface area contributed by atoms with Crippen molar-refractivity contribution in [2.75, 3.05) is 0 Å². The summed E-state index contributed by atoms with van der Waals surface area (Å²) in [5, 5.41) is 3.67. The molecule has 0 saturated heterocycles. The monoisotopic (exact) mass is 347 g/mol. The highest BCUT2D eigenvalue weighted by atomic mass is 32.2. The quantitative estimate of drug-likeness (QED) is 0.802. The molecule has 0 atom stereocenters. The van der Waals surface area contributed by atoms with Gasteiger partial charge < -0.3 is 4.52 Å². The molecule has 3 rings (SSSR count). The van der Waals surface area contributed by atoms with E-state index in [1.807, 2.05) is 19.9 Å². The van der Waals surface area contributed by atoms with Gasteiger partial charge in [0.05, 0.1) is 11.0 Å². The van der Waals surface area contributed by atoms with Crippen molar-refractivity contribution in [3.05, 3.63) is 53.4 Å². The zero-order valence-corrected chi connectivity index (χ0v) is 15.1. The van der Waals surface area contributed by atoms with Crippen LogP contribution in [0.2, 0.25) is 0 Å². The molecule has 1 fully saturated rings. The van der Waals surface area contributed by atoms with E-state index in [0.717, 1.165) is 31.2 Å². The Kier molecular flexibility index (Phi) is 5.09. The summed E-state index contributed by atoms with van der Waals surface area (Å²) in [6.45, 7) is 4.04. The van der Waals surface area contributed by atoms with E-state index in [0.29, 0.717) is 11.6 Å². The van der Waals surface area contributed by atoms with Crippen molar-refractivity contribution in [3.8, 4) is 0 Å². The maximum absolute atomic E-state index is 12.8. The Morgan fingerprint density at radius 1 is 1.12 bits per heavy atom. The Labute approximate surface area is 144 Å². The fourth-order valence-electron chi connectivity index (χ4n) is 3.64. The van der Waals surface area contributed by atoms with Gasteiger partial charge in [-0.1, -0.05) is 49.3 Å². The molecular formula is C19H25NO3S. The predicted molar refractivity (Wildman–Crippen MR) is 94.7 cm³/mol. The van der Waals surface area contributed by atoms with E-state index in [2.05, 4.69) is 29.4 Å². The summed E-state index contributed by atoms with van der Waals surface area (Å²) in [5.41, 5.74) is 2.80. The van der Waals surface area contributed by atoms with Crippen LogP contribution in [0.3, 0.4) is 0 Å². The van der Waals surface area contributed by atoms with E-state index in [9.17, 15) is 8.42 Å². The van der Waals surface area contributed by atoms with Gasteiger partial charge in [-0.3, -0.25) is 0 Å². The average Bonchev–Trinajstić information content (AvgIpc) is 3.03. The van der Waals surface area contributed by atoms with Gasteiger partial charge in [-0.25, -0.2) is 8.42 Å². The summed E-state index contributed by atoms with van der Waals surface area (Å²) >= 11 is 0. The van der Waals surface area contributed by atoms with Gasteiger partial charge in [0.2, 0.25) is 0 Å². The van der Waals surface area contributed by atoms with Crippen LogP contribution in [-0.2, 0) is 15.6 Å². The highest BCUT2D eigenvalue weighted by molar-refractivity contribution is 7.91. The molecule has 0 bridgehead atoms. The molecule has 5 heteroatoms. The molecule has 24 heavy (non-hydrogen) atoms. The fraction of sp³-hybridized carbons (Fsp3) is 0.526. The minimum atomic E-state index is -3.19. The molecule has 0 N–H and O–H groups in total. The fourth-order valence-corrected chi connectivity index (χ4v) is 5.46. The minimum absolute atomic E-state index is 0.00230. The van der Waals surface area contributed by atoms with Gasteiger partial charge in [0, 0.05) is 5.56 Å². The molecule has 0 unspecified atom stereocenters. The van der Waals surface area contributed by atoms with Crippen LogP contribution in [0.5, 0.6) is 0 Å². The molecule has 0 amide bonds. The molecule has 1 aromatic heterocycles. The number of hydrogen-bond acceptors (Lipinski definition) is 4. The van der Waals surface area contributed by atoms with Crippen LogP contribution in [-0.4, -0.2) is 18.8 Å². The van der Waals surface area contributed by atoms with Crippen molar-refractivity contribution >= 4 is 9.84 Å². The second kappa shape index (κ2) is 7.09. The Bertz CT molecular complexity index is 757. The molecule has 0 aliphatic heterocycles. The van der Waals surface area contributed by atoms with Gasteiger partial charge in [-0.05, 0) is 43.1 Å². The third kappa shape index (κ3) is 3.72. The van der Waals surface area contributed by atoms with Crippen molar-refractivity contribution in [3.63, 3.8) is 0 Å². The highest BCUT2D eigenvalue weighted by Gasteiger charge is 2.32. The summed E-state index contributed by atoms with van der Waals surface area (Å²) in [7, 11) is -3.19. The first-order valence-corrected chi connectivity index (χ1v) is 10.4. The maximum atomic E-state index is 12.8. The summed E-state index contributed by atoms with van der Waals surface area (Å²) in [5.74, 6) is 0.698. The van der Waals surface area contributed by atoms with E-state index in [1.54, 1.807) is 6.26 Å². The first-order chi connectivity index (χ1) is 11.5. The predicted octanol–water partition coefficient (Wildman–Crippen LogP) is 4.44. The molecule has 1 heterocycles. The first kappa shape index (κ1) is 17.2. The lowest BCUT2D eigenvalue weighted by atomic mass is 9.84. The normalized spacial score (nSPS) is 22.0. The largest absolute Gasteiger partial charge is 0.364 e. The summed E-state index contributed by atoms with van der Waals surface area (Å²) in [6, 6.07) is 10.4. The Hall–Kier alpha value is -1.62. The van der Waals surface area contributed by atoms with Gasteiger partial charge in [-0.15, -0.1) is 0 Å². The van der Waals surface area contributed by atoms with Crippen LogP contribution in [0.25, 0.3) is 0 Å². The zero-order valence-electron chi connectivity index (χ0n) is 14.3. The third-order valence-electron chi connectivity index (χ3n) is 5.09. The van der Waals surface area contributed by atoms with Gasteiger partial charge in [0.25, 0.3) is 0 Å². The molecule has 1 aromatic carbocycles. The maximum Gasteiger partial charge on any atom is 0.158 e. The lowest BCUT2D eigenvalue weighted by Gasteiger charge is -2.28. The highest BCUT2D eigenvalue weighted by Crippen LogP contribution is 2.36.